The van der Waals surface area contributed by atoms with E-state index >= 15 is 0 Å². The molecule has 0 aromatic heterocycles. The zero-order valence-electron chi connectivity index (χ0n) is 10.1. The van der Waals surface area contributed by atoms with Crippen LogP contribution in [0, 0.1) is 18.6 Å². The number of hydrogen-bond acceptors (Lipinski definition) is 1. The molecule has 2 aromatic rings. The van der Waals surface area contributed by atoms with Gasteiger partial charge in [-0.15, -0.1) is 0 Å². The van der Waals surface area contributed by atoms with Crippen molar-refractivity contribution in [3.8, 4) is 0 Å². The van der Waals surface area contributed by atoms with E-state index in [2.05, 4.69) is 15.9 Å². The third-order valence-corrected chi connectivity index (χ3v) is 3.62. The molecular formula is C14H11BrClF2N. The van der Waals surface area contributed by atoms with E-state index in [9.17, 15) is 8.78 Å². The Morgan fingerprint density at radius 3 is 2.42 bits per heavy atom. The monoisotopic (exact) mass is 345 g/mol. The first kappa shape index (κ1) is 14.4. The van der Waals surface area contributed by atoms with Crippen LogP contribution < -0.4 is 5.73 Å². The van der Waals surface area contributed by atoms with Crippen molar-refractivity contribution in [3.63, 3.8) is 0 Å². The molecule has 1 unspecified atom stereocenters. The maximum absolute atomic E-state index is 13.9. The number of aryl methyl sites for hydroxylation is 1. The molecule has 1 atom stereocenters. The molecule has 0 spiro atoms. The summed E-state index contributed by atoms with van der Waals surface area (Å²) in [6, 6.07) is 6.63. The molecule has 5 heteroatoms. The van der Waals surface area contributed by atoms with Gasteiger partial charge in [-0.05, 0) is 58.2 Å². The lowest BCUT2D eigenvalue weighted by atomic mass is 9.97. The Hall–Kier alpha value is -0.970. The van der Waals surface area contributed by atoms with Gasteiger partial charge in [-0.3, -0.25) is 0 Å². The molecule has 0 saturated heterocycles. The Balaban J connectivity index is 2.49. The molecule has 19 heavy (non-hydrogen) atoms. The van der Waals surface area contributed by atoms with Gasteiger partial charge < -0.3 is 5.73 Å². The molecule has 0 aliphatic heterocycles. The second-order valence-corrected chi connectivity index (χ2v) is 5.62. The van der Waals surface area contributed by atoms with Crippen LogP contribution in [0.4, 0.5) is 8.78 Å². The van der Waals surface area contributed by atoms with Crippen LogP contribution in [-0.2, 0) is 0 Å². The molecule has 100 valence electrons. The van der Waals surface area contributed by atoms with Gasteiger partial charge in [0.2, 0.25) is 0 Å². The van der Waals surface area contributed by atoms with Crippen LogP contribution in [0.3, 0.4) is 0 Å². The highest BCUT2D eigenvalue weighted by molar-refractivity contribution is 9.10. The van der Waals surface area contributed by atoms with Crippen molar-refractivity contribution in [1.29, 1.82) is 0 Å². The van der Waals surface area contributed by atoms with Crippen molar-refractivity contribution in [2.45, 2.75) is 13.0 Å². The fraction of sp³-hybridized carbons (Fsp3) is 0.143. The summed E-state index contributed by atoms with van der Waals surface area (Å²) in [4.78, 5) is 0. The van der Waals surface area contributed by atoms with Crippen molar-refractivity contribution in [2.75, 3.05) is 0 Å². The van der Waals surface area contributed by atoms with Crippen LogP contribution in [-0.4, -0.2) is 0 Å². The van der Waals surface area contributed by atoms with Crippen molar-refractivity contribution in [2.24, 2.45) is 5.73 Å². The zero-order chi connectivity index (χ0) is 14.2. The van der Waals surface area contributed by atoms with Crippen LogP contribution in [0.5, 0.6) is 0 Å². The van der Waals surface area contributed by atoms with Crippen molar-refractivity contribution in [3.05, 3.63) is 68.2 Å². The quantitative estimate of drug-likeness (QED) is 0.781. The lowest BCUT2D eigenvalue weighted by Crippen LogP contribution is -2.14. The molecule has 0 fully saturated rings. The Morgan fingerprint density at radius 1 is 1.11 bits per heavy atom. The molecule has 2 aromatic carbocycles. The van der Waals surface area contributed by atoms with Gasteiger partial charge >= 0.3 is 0 Å². The predicted molar refractivity (Wildman–Crippen MR) is 76.3 cm³/mol. The normalized spacial score (nSPS) is 12.5. The van der Waals surface area contributed by atoms with Crippen molar-refractivity contribution < 1.29 is 8.78 Å². The number of halogens is 4. The third-order valence-electron chi connectivity index (χ3n) is 2.80. The molecule has 0 aliphatic carbocycles. The van der Waals surface area contributed by atoms with E-state index < -0.39 is 17.7 Å². The summed E-state index contributed by atoms with van der Waals surface area (Å²) in [5.41, 5.74) is 7.65. The van der Waals surface area contributed by atoms with Crippen LogP contribution in [0.1, 0.15) is 22.7 Å². The SMILES string of the molecule is Cc1cc(Cl)cc(C(N)c2cc(F)c(Br)cc2F)c1. The minimum Gasteiger partial charge on any atom is -0.320 e. The molecular weight excluding hydrogens is 336 g/mol. The van der Waals surface area contributed by atoms with Gasteiger partial charge in [-0.1, -0.05) is 17.7 Å². The summed E-state index contributed by atoms with van der Waals surface area (Å²) < 4.78 is 27.4. The summed E-state index contributed by atoms with van der Waals surface area (Å²) >= 11 is 8.88. The summed E-state index contributed by atoms with van der Waals surface area (Å²) in [7, 11) is 0. The minimum atomic E-state index is -0.764. The van der Waals surface area contributed by atoms with Gasteiger partial charge in [0.1, 0.15) is 11.6 Å². The third kappa shape index (κ3) is 3.14. The van der Waals surface area contributed by atoms with E-state index in [4.69, 9.17) is 17.3 Å². The smallest absolute Gasteiger partial charge is 0.137 e. The summed E-state index contributed by atoms with van der Waals surface area (Å²) in [5, 5.41) is 0.517. The van der Waals surface area contributed by atoms with E-state index in [1.54, 1.807) is 18.2 Å². The average molecular weight is 347 g/mol. The molecule has 2 N–H and O–H groups in total. The van der Waals surface area contributed by atoms with Gasteiger partial charge in [-0.25, -0.2) is 8.78 Å². The first-order valence-electron chi connectivity index (χ1n) is 5.55. The van der Waals surface area contributed by atoms with Crippen LogP contribution in [0.25, 0.3) is 0 Å². The summed E-state index contributed by atoms with van der Waals surface area (Å²) in [5.74, 6) is -1.11. The highest BCUT2D eigenvalue weighted by Gasteiger charge is 2.17. The van der Waals surface area contributed by atoms with Crippen molar-refractivity contribution in [1.82, 2.24) is 0 Å². The molecule has 0 aliphatic rings. The fourth-order valence-corrected chi connectivity index (χ4v) is 2.51. The molecule has 0 saturated carbocycles. The molecule has 0 heterocycles. The second kappa shape index (κ2) is 5.57. The Kier molecular flexibility index (Phi) is 4.23. The first-order chi connectivity index (χ1) is 8.88. The van der Waals surface area contributed by atoms with Crippen LogP contribution in [0.2, 0.25) is 5.02 Å². The van der Waals surface area contributed by atoms with E-state index in [1.165, 1.54) is 0 Å². The van der Waals surface area contributed by atoms with Crippen LogP contribution in [0.15, 0.2) is 34.8 Å². The average Bonchev–Trinajstić information content (AvgIpc) is 2.31. The second-order valence-electron chi connectivity index (χ2n) is 4.33. The fourth-order valence-electron chi connectivity index (χ4n) is 1.90. The van der Waals surface area contributed by atoms with Gasteiger partial charge in [-0.2, -0.15) is 0 Å². The highest BCUT2D eigenvalue weighted by Crippen LogP contribution is 2.28. The van der Waals surface area contributed by atoms with Gasteiger partial charge in [0, 0.05) is 10.6 Å². The summed E-state index contributed by atoms with van der Waals surface area (Å²) in [6.45, 7) is 1.86. The highest BCUT2D eigenvalue weighted by atomic mass is 79.9. The summed E-state index contributed by atoms with van der Waals surface area (Å²) in [6.07, 6.45) is 0. The Labute approximate surface area is 123 Å². The van der Waals surface area contributed by atoms with Crippen molar-refractivity contribution >= 4 is 27.5 Å². The first-order valence-corrected chi connectivity index (χ1v) is 6.72. The molecule has 0 amide bonds. The van der Waals surface area contributed by atoms with E-state index in [0.29, 0.717) is 10.6 Å². The maximum Gasteiger partial charge on any atom is 0.137 e. The van der Waals surface area contributed by atoms with E-state index in [1.807, 2.05) is 6.92 Å². The number of rotatable bonds is 2. The maximum atomic E-state index is 13.9. The van der Waals surface area contributed by atoms with Crippen LogP contribution >= 0.6 is 27.5 Å². The topological polar surface area (TPSA) is 26.0 Å². The standard InChI is InChI=1S/C14H11BrClF2N/c1-7-2-8(4-9(16)3-7)14(19)10-5-13(18)11(15)6-12(10)17/h2-6,14H,19H2,1H3. The predicted octanol–water partition coefficient (Wildman–Crippen LogP) is 4.74. The Bertz CT molecular complexity index is 611. The van der Waals surface area contributed by atoms with E-state index in [0.717, 1.165) is 17.7 Å². The Morgan fingerprint density at radius 2 is 1.79 bits per heavy atom. The number of benzene rings is 2. The lowest BCUT2D eigenvalue weighted by Gasteiger charge is -2.15. The zero-order valence-corrected chi connectivity index (χ0v) is 12.4. The molecule has 1 nitrogen and oxygen atoms in total. The molecule has 0 radical (unpaired) electrons. The number of hydrogen-bond donors (Lipinski definition) is 1. The molecule has 0 bridgehead atoms. The van der Waals surface area contributed by atoms with E-state index in [-0.39, 0.29) is 10.0 Å². The number of nitrogens with two attached hydrogens (primary N) is 1. The lowest BCUT2D eigenvalue weighted by molar-refractivity contribution is 0.572. The van der Waals surface area contributed by atoms with Gasteiger partial charge in [0.05, 0.1) is 10.5 Å². The van der Waals surface area contributed by atoms with Gasteiger partial charge in [0.15, 0.2) is 0 Å². The minimum absolute atomic E-state index is 0.0724. The molecule has 2 rings (SSSR count). The largest absolute Gasteiger partial charge is 0.320 e. The van der Waals surface area contributed by atoms with Gasteiger partial charge in [0.25, 0.3) is 0 Å².